The second kappa shape index (κ2) is 10.7. The molecule has 0 amide bonds. The van der Waals surface area contributed by atoms with Gasteiger partial charge in [0.05, 0.1) is 20.9 Å². The lowest BCUT2D eigenvalue weighted by Crippen LogP contribution is -2.12. The molecule has 0 aromatic heterocycles. The van der Waals surface area contributed by atoms with Crippen molar-refractivity contribution in [3.63, 3.8) is 0 Å². The number of fused-ring (bicyclic) bond motifs is 2. The van der Waals surface area contributed by atoms with E-state index in [0.29, 0.717) is 12.8 Å². The molecule has 0 spiro atoms. The normalized spacial score (nSPS) is 18.0. The van der Waals surface area contributed by atoms with Crippen LogP contribution in [0.15, 0.2) is 46.2 Å². The van der Waals surface area contributed by atoms with Gasteiger partial charge in [0.2, 0.25) is 9.84 Å². The molecular weight excluding hydrogens is 504 g/mol. The first-order valence-electron chi connectivity index (χ1n) is 12.0. The Morgan fingerprint density at radius 2 is 1.16 bits per heavy atom. The van der Waals surface area contributed by atoms with Crippen molar-refractivity contribution in [1.82, 2.24) is 0 Å². The maximum atomic E-state index is 13.8. The van der Waals surface area contributed by atoms with Gasteiger partial charge in [0, 0.05) is 24.0 Å². The third kappa shape index (κ3) is 5.08. The first-order valence-corrected chi connectivity index (χ1v) is 13.5. The Hall–Kier alpha value is -3.73. The maximum absolute atomic E-state index is 13.8. The van der Waals surface area contributed by atoms with Gasteiger partial charge >= 0.3 is 23.9 Å². The number of benzene rings is 2. The number of hydrogen-bond donors (Lipinski definition) is 0. The van der Waals surface area contributed by atoms with Crippen LogP contribution in [0.2, 0.25) is 0 Å². The SMILES string of the molecule is CCCCC(=O)OC1OC(=O)c2c1cccc2S(=O)(=O)c1cccc2c1C(=O)OC2OC(=O)CCCC. The molecule has 2 atom stereocenters. The summed E-state index contributed by atoms with van der Waals surface area (Å²) in [6.45, 7) is 3.81. The number of carbonyl (C=O) groups excluding carboxylic acids is 4. The van der Waals surface area contributed by atoms with Gasteiger partial charge in [-0.15, -0.1) is 0 Å². The fourth-order valence-corrected chi connectivity index (χ4v) is 5.80. The average Bonchev–Trinajstić information content (AvgIpc) is 3.37. The summed E-state index contributed by atoms with van der Waals surface area (Å²) in [5.74, 6) is -3.10. The molecule has 2 aromatic rings. The fourth-order valence-electron chi connectivity index (χ4n) is 4.11. The molecule has 11 heteroatoms. The lowest BCUT2D eigenvalue weighted by molar-refractivity contribution is -0.169. The average molecular weight is 531 g/mol. The van der Waals surface area contributed by atoms with Crippen LogP contribution < -0.4 is 0 Å². The second-order valence-corrected chi connectivity index (χ2v) is 10.5. The quantitative estimate of drug-likeness (QED) is 0.408. The van der Waals surface area contributed by atoms with E-state index in [1.54, 1.807) is 0 Å². The first-order chi connectivity index (χ1) is 17.7. The Labute approximate surface area is 213 Å². The molecule has 0 radical (unpaired) electrons. The number of hydrogen-bond acceptors (Lipinski definition) is 10. The van der Waals surface area contributed by atoms with Crippen LogP contribution in [0, 0.1) is 0 Å². The van der Waals surface area contributed by atoms with Crippen molar-refractivity contribution in [1.29, 1.82) is 0 Å². The number of sulfone groups is 1. The molecule has 2 unspecified atom stereocenters. The van der Waals surface area contributed by atoms with E-state index in [0.717, 1.165) is 12.8 Å². The minimum Gasteiger partial charge on any atom is -0.421 e. The van der Waals surface area contributed by atoms with Gasteiger partial charge in [-0.25, -0.2) is 18.0 Å². The van der Waals surface area contributed by atoms with Crippen molar-refractivity contribution < 1.29 is 46.5 Å². The van der Waals surface area contributed by atoms with Crippen LogP contribution in [0.1, 0.15) is 96.8 Å². The maximum Gasteiger partial charge on any atom is 0.343 e. The van der Waals surface area contributed by atoms with Crippen LogP contribution in [0.4, 0.5) is 0 Å². The fraction of sp³-hybridized carbons (Fsp3) is 0.385. The highest BCUT2D eigenvalue weighted by atomic mass is 32.2. The molecule has 2 heterocycles. The highest BCUT2D eigenvalue weighted by molar-refractivity contribution is 7.91. The topological polar surface area (TPSA) is 139 Å². The Bertz CT molecular complexity index is 1260. The predicted molar refractivity (Wildman–Crippen MR) is 126 cm³/mol. The molecular formula is C26H26O10S. The number of esters is 4. The lowest BCUT2D eigenvalue weighted by Gasteiger charge is -2.13. The van der Waals surface area contributed by atoms with E-state index in [2.05, 4.69) is 0 Å². The van der Waals surface area contributed by atoms with Gasteiger partial charge in [-0.3, -0.25) is 9.59 Å². The summed E-state index contributed by atoms with van der Waals surface area (Å²) in [5.41, 5.74) is -0.368. The van der Waals surface area contributed by atoms with Crippen LogP contribution in [-0.2, 0) is 38.4 Å². The number of rotatable bonds is 10. The van der Waals surface area contributed by atoms with Gasteiger partial charge in [0.1, 0.15) is 0 Å². The molecule has 2 aliphatic rings. The molecule has 0 N–H and O–H groups in total. The monoisotopic (exact) mass is 530 g/mol. The molecule has 4 rings (SSSR count). The van der Waals surface area contributed by atoms with Crippen LogP contribution >= 0.6 is 0 Å². The summed E-state index contributed by atoms with van der Waals surface area (Å²) in [7, 11) is -4.47. The standard InChI is InChI=1S/C26H26O10S/c1-3-5-13-19(27)33-25-15-9-7-11-17(21(15)23(29)35-25)37(31,32)18-12-8-10-16-22(18)24(30)36-26(16)34-20(28)14-6-4-2/h7-12,25-26H,3-6,13-14H2,1-2H3. The zero-order valence-corrected chi connectivity index (χ0v) is 21.2. The molecule has 0 saturated heterocycles. The molecule has 37 heavy (non-hydrogen) atoms. The second-order valence-electron chi connectivity index (χ2n) is 8.61. The molecule has 0 bridgehead atoms. The number of cyclic esters (lactones) is 2. The number of ether oxygens (including phenoxy) is 4. The van der Waals surface area contributed by atoms with Crippen molar-refractivity contribution in [3.05, 3.63) is 58.7 Å². The van der Waals surface area contributed by atoms with E-state index in [-0.39, 0.29) is 35.1 Å². The Balaban J connectivity index is 1.69. The van der Waals surface area contributed by atoms with Gasteiger partial charge in [0.15, 0.2) is 0 Å². The Morgan fingerprint density at radius 3 is 1.54 bits per heavy atom. The van der Waals surface area contributed by atoms with Crippen molar-refractivity contribution in [2.45, 2.75) is 74.7 Å². The predicted octanol–water partition coefficient (Wildman–Crippen LogP) is 4.32. The zero-order chi connectivity index (χ0) is 26.7. The van der Waals surface area contributed by atoms with Crippen molar-refractivity contribution in [2.75, 3.05) is 0 Å². The number of unbranched alkanes of at least 4 members (excludes halogenated alkanes) is 2. The third-order valence-electron chi connectivity index (χ3n) is 5.99. The number of carbonyl (C=O) groups is 4. The minimum absolute atomic E-state index is 0.0915. The third-order valence-corrected chi connectivity index (χ3v) is 7.82. The minimum atomic E-state index is -4.47. The summed E-state index contributed by atoms with van der Waals surface area (Å²) in [6.07, 6.45) is 0.208. The molecule has 10 nitrogen and oxygen atoms in total. The first kappa shape index (κ1) is 26.3. The van der Waals surface area contributed by atoms with Crippen LogP contribution in [-0.4, -0.2) is 32.3 Å². The van der Waals surface area contributed by atoms with Crippen molar-refractivity contribution >= 4 is 33.7 Å². The molecule has 0 aliphatic carbocycles. The lowest BCUT2D eigenvalue weighted by atomic mass is 10.1. The van der Waals surface area contributed by atoms with E-state index in [1.807, 2.05) is 13.8 Å². The van der Waals surface area contributed by atoms with E-state index in [4.69, 9.17) is 18.9 Å². The molecule has 196 valence electrons. The van der Waals surface area contributed by atoms with Crippen LogP contribution in [0.3, 0.4) is 0 Å². The van der Waals surface area contributed by atoms with Crippen molar-refractivity contribution in [3.8, 4) is 0 Å². The molecule has 0 fully saturated rings. The highest BCUT2D eigenvalue weighted by Gasteiger charge is 2.43. The van der Waals surface area contributed by atoms with E-state index in [9.17, 15) is 27.6 Å². The Morgan fingerprint density at radius 1 is 0.757 bits per heavy atom. The van der Waals surface area contributed by atoms with Gasteiger partial charge in [-0.2, -0.15) is 0 Å². The van der Waals surface area contributed by atoms with Crippen LogP contribution in [0.5, 0.6) is 0 Å². The summed E-state index contributed by atoms with van der Waals surface area (Å²) in [4.78, 5) is 48.8. The summed E-state index contributed by atoms with van der Waals surface area (Å²) in [5, 5.41) is 0. The van der Waals surface area contributed by atoms with Crippen molar-refractivity contribution in [2.24, 2.45) is 0 Å². The van der Waals surface area contributed by atoms with Crippen LogP contribution in [0.25, 0.3) is 0 Å². The zero-order valence-electron chi connectivity index (χ0n) is 20.4. The van der Waals surface area contributed by atoms with E-state index >= 15 is 0 Å². The molecule has 2 aliphatic heterocycles. The van der Waals surface area contributed by atoms with Gasteiger partial charge in [0.25, 0.3) is 12.6 Å². The largest absolute Gasteiger partial charge is 0.421 e. The summed E-state index contributed by atoms with van der Waals surface area (Å²) < 4.78 is 48.3. The summed E-state index contributed by atoms with van der Waals surface area (Å²) in [6, 6.07) is 8.07. The van der Waals surface area contributed by atoms with Gasteiger partial charge in [-0.1, -0.05) is 51.0 Å². The van der Waals surface area contributed by atoms with E-state index in [1.165, 1.54) is 36.4 Å². The van der Waals surface area contributed by atoms with Gasteiger partial charge in [-0.05, 0) is 25.0 Å². The highest BCUT2D eigenvalue weighted by Crippen LogP contribution is 2.41. The summed E-state index contributed by atoms with van der Waals surface area (Å²) >= 11 is 0. The van der Waals surface area contributed by atoms with E-state index < -0.39 is 56.1 Å². The smallest absolute Gasteiger partial charge is 0.343 e. The molecule has 0 saturated carbocycles. The Kier molecular flexibility index (Phi) is 7.63. The van der Waals surface area contributed by atoms with Gasteiger partial charge < -0.3 is 18.9 Å². The molecule has 2 aromatic carbocycles.